The Labute approximate surface area is 543 Å². The summed E-state index contributed by atoms with van der Waals surface area (Å²) in [6.45, 7) is 7.77. The number of ether oxygens (including phenoxy) is 1. The Morgan fingerprint density at radius 3 is 2.00 bits per heavy atom. The summed E-state index contributed by atoms with van der Waals surface area (Å²) in [6.07, 6.45) is -6.23. The fourth-order valence-electron chi connectivity index (χ4n) is 12.9. The number of hydrogen-bond donors (Lipinski definition) is 14. The van der Waals surface area contributed by atoms with Gasteiger partial charge in [-0.25, -0.2) is 0 Å². The van der Waals surface area contributed by atoms with E-state index in [0.717, 1.165) is 60.1 Å². The lowest BCUT2D eigenvalue weighted by Crippen LogP contribution is -2.64. The highest BCUT2D eigenvalue weighted by Gasteiger charge is 2.50. The molecule has 1 saturated carbocycles. The Morgan fingerprint density at radius 2 is 1.35 bits per heavy atom. The van der Waals surface area contributed by atoms with Gasteiger partial charge < -0.3 is 93.2 Å². The minimum atomic E-state index is -2.04. The predicted octanol–water partition coefficient (Wildman–Crippen LogP) is -1.70. The first-order valence-corrected chi connectivity index (χ1v) is 32.9. The van der Waals surface area contributed by atoms with Gasteiger partial charge in [-0.05, 0) is 119 Å². The number of hydrogen-bond acceptors (Lipinski definition) is 22. The van der Waals surface area contributed by atoms with Crippen LogP contribution in [0.15, 0.2) is 66.7 Å². The van der Waals surface area contributed by atoms with Crippen LogP contribution in [0.5, 0.6) is 11.5 Å². The van der Waals surface area contributed by atoms with Gasteiger partial charge in [0.15, 0.2) is 11.5 Å². The molecular weight excluding hydrogens is 1220 g/mol. The third-order valence-electron chi connectivity index (χ3n) is 18.4. The molecular formula is C64H89N13O15S. The zero-order chi connectivity index (χ0) is 66.8. The van der Waals surface area contributed by atoms with Crippen LogP contribution >= 0.6 is 11.3 Å². The monoisotopic (exact) mass is 1310 g/mol. The molecule has 4 saturated heterocycles. The number of phenols is 1. The third-order valence-corrected chi connectivity index (χ3v) is 19.4. The fourth-order valence-corrected chi connectivity index (χ4v) is 13.8. The summed E-state index contributed by atoms with van der Waals surface area (Å²) >= 11 is 1.36. The molecule has 28 nitrogen and oxygen atoms in total. The average molecular weight is 1310 g/mol. The van der Waals surface area contributed by atoms with Crippen LogP contribution < -0.4 is 47.7 Å². The number of fused-ring (bicyclic) bond motifs is 2. The predicted molar refractivity (Wildman–Crippen MR) is 342 cm³/mol. The van der Waals surface area contributed by atoms with Crippen LogP contribution in [0.1, 0.15) is 88.1 Å². The summed E-state index contributed by atoms with van der Waals surface area (Å²) in [4.78, 5) is 109. The van der Waals surface area contributed by atoms with Gasteiger partial charge in [0.25, 0.3) is 5.91 Å². The van der Waals surface area contributed by atoms with Crippen LogP contribution in [0.3, 0.4) is 0 Å². The van der Waals surface area contributed by atoms with E-state index in [0.29, 0.717) is 28.0 Å². The van der Waals surface area contributed by atoms with Gasteiger partial charge in [0.05, 0.1) is 43.2 Å². The third kappa shape index (κ3) is 17.1. The number of benzene rings is 3. The summed E-state index contributed by atoms with van der Waals surface area (Å²) in [6, 6.07) is 8.34. The molecule has 0 radical (unpaired) electrons. The van der Waals surface area contributed by atoms with Gasteiger partial charge in [0, 0.05) is 99.4 Å². The lowest BCUT2D eigenvalue weighted by Gasteiger charge is -2.42. The zero-order valence-corrected chi connectivity index (χ0v) is 53.4. The van der Waals surface area contributed by atoms with E-state index in [2.05, 4.69) is 65.6 Å². The first-order chi connectivity index (χ1) is 44.5. The second-order valence-electron chi connectivity index (χ2n) is 25.3. The number of carbonyl (C=O) groups is 7. The van der Waals surface area contributed by atoms with E-state index < -0.39 is 152 Å². The van der Waals surface area contributed by atoms with E-state index in [9.17, 15) is 69.3 Å². The van der Waals surface area contributed by atoms with Crippen molar-refractivity contribution in [2.45, 2.75) is 157 Å². The number of rotatable bonds is 17. The van der Waals surface area contributed by atoms with E-state index in [1.54, 1.807) is 19.1 Å². The largest absolute Gasteiger partial charge is 0.504 e. The first kappa shape index (κ1) is 69.9. The minimum Gasteiger partial charge on any atom is -0.504 e. The number of anilines is 1. The lowest BCUT2D eigenvalue weighted by atomic mass is 9.86. The second kappa shape index (κ2) is 31.7. The van der Waals surface area contributed by atoms with E-state index in [1.165, 1.54) is 67.4 Å². The van der Waals surface area contributed by atoms with E-state index in [1.807, 2.05) is 12.1 Å². The molecule has 1 aliphatic carbocycles. The van der Waals surface area contributed by atoms with Gasteiger partial charge in [-0.15, -0.1) is 10.2 Å². The Balaban J connectivity index is 0.949. The van der Waals surface area contributed by atoms with Crippen molar-refractivity contribution in [3.05, 3.63) is 77.9 Å². The Morgan fingerprint density at radius 1 is 0.720 bits per heavy atom. The van der Waals surface area contributed by atoms with Crippen molar-refractivity contribution >= 4 is 58.4 Å². The molecule has 4 aliphatic heterocycles. The van der Waals surface area contributed by atoms with E-state index in [4.69, 9.17) is 16.2 Å². The maximum Gasteiger partial charge on any atom is 0.251 e. The van der Waals surface area contributed by atoms with Crippen LogP contribution in [-0.2, 0) is 35.2 Å². The number of aliphatic hydroxyl groups excluding tert-OH is 6. The summed E-state index contributed by atoms with van der Waals surface area (Å²) < 4.78 is 5.66. The lowest BCUT2D eigenvalue weighted by molar-refractivity contribution is -0.147. The molecule has 29 heteroatoms. The molecule has 16 N–H and O–H groups in total. The van der Waals surface area contributed by atoms with E-state index in [-0.39, 0.29) is 55.3 Å². The fraction of sp³-hybridized carbons (Fsp3) is 0.578. The molecule has 4 aromatic rings. The van der Waals surface area contributed by atoms with Crippen molar-refractivity contribution in [1.29, 1.82) is 0 Å². The highest BCUT2D eigenvalue weighted by molar-refractivity contribution is 7.17. The summed E-state index contributed by atoms with van der Waals surface area (Å²) in [5.74, 6) is -7.72. The van der Waals surface area contributed by atoms with Crippen LogP contribution in [0.2, 0.25) is 0 Å². The van der Waals surface area contributed by atoms with Crippen LogP contribution in [0.25, 0.3) is 21.1 Å². The molecule has 13 atom stereocenters. The van der Waals surface area contributed by atoms with Crippen molar-refractivity contribution in [3.63, 3.8) is 0 Å². The first-order valence-electron chi connectivity index (χ1n) is 32.1. The van der Waals surface area contributed by atoms with Crippen molar-refractivity contribution in [2.75, 3.05) is 70.4 Å². The molecule has 3 aromatic carbocycles. The Kier molecular flexibility index (Phi) is 23.8. The number of nitrogens with two attached hydrogens (primary N) is 2. The molecule has 1 unspecified atom stereocenters. The quantitative estimate of drug-likeness (QED) is 0.0524. The standard InChI is InChI=1S/C64H89N13O15S/c1-34-5-14-41(15-6-34)74-22-24-75(25-23-74)42-16-12-40(13-17-42)62-73-72-61(93-62)39-10-8-38(9-11-39)56(85)68-45-29-43(79)31-67-60(89)54-55(84)35(2)32-77(54)64(91)53(48(82)19-21-66)71-59(88)52(49(83)27-37-7-18-47(81)50(28-37)92-26-4-20-65)70-58(87)46-30-44(80)33-76(46)63(90)51(36(3)78)69-57(45)86/h7-13,16-18,28,34-36,41,43-46,48-49,51-55,78-84H,4-6,14-15,19-27,29-33,65-66H2,1-3H3,(H,67,89)(H,68,85)(H,69,86)(H,70,87)(H,71,88)/t34?,35-,36+,41?,43+,44+,45?,46-,48+,49+,51-,52-,53-,54-,55-/m0/s1. The zero-order valence-electron chi connectivity index (χ0n) is 52.6. The average Bonchev–Trinajstić information content (AvgIpc) is 1.74. The number of phenolic OH excluding ortho intramolecular Hbond substituents is 1. The second-order valence-corrected chi connectivity index (χ2v) is 26.3. The molecule has 1 aromatic heterocycles. The number of aromatic hydroxyl groups is 1. The van der Waals surface area contributed by atoms with Crippen LogP contribution in [-0.4, -0.2) is 246 Å². The number of carbonyl (C=O) groups excluding carboxylic acids is 7. The van der Waals surface area contributed by atoms with Gasteiger partial charge in [-0.2, -0.15) is 0 Å². The molecule has 506 valence electrons. The smallest absolute Gasteiger partial charge is 0.251 e. The van der Waals surface area contributed by atoms with Gasteiger partial charge >= 0.3 is 0 Å². The molecule has 0 spiro atoms. The summed E-state index contributed by atoms with van der Waals surface area (Å²) in [5, 5.41) is 102. The molecule has 5 fully saturated rings. The molecule has 5 heterocycles. The number of nitrogens with zero attached hydrogens (tertiary/aromatic N) is 6. The number of aromatic nitrogens is 2. The molecule has 7 amide bonds. The summed E-state index contributed by atoms with van der Waals surface area (Å²) in [7, 11) is 0. The van der Waals surface area contributed by atoms with Gasteiger partial charge in [0.2, 0.25) is 35.4 Å². The minimum absolute atomic E-state index is 0.00662. The highest BCUT2D eigenvalue weighted by Crippen LogP contribution is 2.34. The normalized spacial score (nSPS) is 28.4. The van der Waals surface area contributed by atoms with Crippen molar-refractivity contribution in [3.8, 4) is 32.6 Å². The number of β-amino-alcohol motifs (C(OH)–C–C–N with tert-alkyl or cyclic N) is 1. The van der Waals surface area contributed by atoms with Gasteiger partial charge in [-0.3, -0.25) is 38.5 Å². The Hall–Kier alpha value is -7.45. The maximum absolute atomic E-state index is 14.8. The maximum atomic E-state index is 14.8. The van der Waals surface area contributed by atoms with E-state index >= 15 is 0 Å². The number of amides is 7. The summed E-state index contributed by atoms with van der Waals surface area (Å²) in [5.41, 5.74) is 14.4. The van der Waals surface area contributed by atoms with Crippen molar-refractivity contribution < 1.29 is 74.0 Å². The van der Waals surface area contributed by atoms with Gasteiger partial charge in [-0.1, -0.05) is 43.4 Å². The Bertz CT molecular complexity index is 3240. The topological polar surface area (TPSA) is 421 Å². The van der Waals surface area contributed by atoms with Crippen molar-refractivity contribution in [2.24, 2.45) is 23.3 Å². The number of aliphatic hydroxyl groups is 6. The highest BCUT2D eigenvalue weighted by atomic mass is 32.1. The molecule has 0 bridgehead atoms. The molecule has 9 rings (SSSR count). The van der Waals surface area contributed by atoms with Crippen LogP contribution in [0, 0.1) is 11.8 Å². The number of nitrogens with one attached hydrogen (secondary N) is 5. The SMILES string of the molecule is CC1CCC(N2CCN(c3ccc(-c4nnc(-c5ccc(C(=O)NC6C[C@@H](O)CNC(=O)[C@@H]7[C@@H](O)[C@@H](C)CN7C(=O)[C@H]([C@H](O)CCN)NC(=O)[C@H]([C@H](O)Cc7ccc(O)c(OCCCN)c7)NC(=O)[C@@H]7C[C@@H](O)CN7C(=O)[C@H]([C@@H](C)O)NC6=O)cc5)s4)cc3)CC2)CC1. The molecule has 93 heavy (non-hydrogen) atoms. The molecule has 5 aliphatic rings. The number of piperazine rings is 1. The van der Waals surface area contributed by atoms with Crippen LogP contribution in [0.4, 0.5) is 5.69 Å². The van der Waals surface area contributed by atoms with Gasteiger partial charge in [0.1, 0.15) is 46.3 Å². The van der Waals surface area contributed by atoms with Crippen molar-refractivity contribution in [1.82, 2.24) is 51.5 Å².